The molecule has 2 aromatic heterocycles. The quantitative estimate of drug-likeness (QED) is 0.493. The summed E-state index contributed by atoms with van der Waals surface area (Å²) in [5.41, 5.74) is -0.0664. The molecule has 4 atom stereocenters. The number of aromatic nitrogens is 4. The van der Waals surface area contributed by atoms with E-state index in [1.165, 1.54) is 17.2 Å². The van der Waals surface area contributed by atoms with Crippen molar-refractivity contribution in [3.63, 3.8) is 0 Å². The van der Waals surface area contributed by atoms with Crippen LogP contribution in [-0.4, -0.2) is 61.2 Å². The van der Waals surface area contributed by atoms with E-state index in [0.29, 0.717) is 0 Å². The highest BCUT2D eigenvalue weighted by molar-refractivity contribution is 5.68. The van der Waals surface area contributed by atoms with Gasteiger partial charge in [0.2, 0.25) is 1.43 Å². The van der Waals surface area contributed by atoms with Gasteiger partial charge in [-0.25, -0.2) is 9.97 Å². The van der Waals surface area contributed by atoms with Crippen molar-refractivity contribution in [2.45, 2.75) is 24.5 Å². The molecule has 0 amide bonds. The number of aliphatic hydroxyl groups excluding tert-OH is 3. The molecule has 0 aliphatic carbocycles. The summed E-state index contributed by atoms with van der Waals surface area (Å²) in [6.07, 6.45) is -1.72. The second-order valence-electron chi connectivity index (χ2n) is 4.27. The minimum absolute atomic E-state index is 0.109. The van der Waals surface area contributed by atoms with Gasteiger partial charge in [-0.15, -0.1) is 0 Å². The van der Waals surface area contributed by atoms with E-state index in [4.69, 9.17) is 6.17 Å². The molecule has 4 N–H and O–H groups in total. The third kappa shape index (κ3) is 1.75. The van der Waals surface area contributed by atoms with E-state index >= 15 is 0 Å². The van der Waals surface area contributed by atoms with Gasteiger partial charge >= 0.3 is 0 Å². The average Bonchev–Trinajstić information content (AvgIpc) is 2.97. The highest BCUT2D eigenvalue weighted by Crippen LogP contribution is 2.30. The predicted molar refractivity (Wildman–Crippen MR) is 61.2 cm³/mol. The van der Waals surface area contributed by atoms with Crippen molar-refractivity contribution in [2.24, 2.45) is 0 Å². The van der Waals surface area contributed by atoms with Crippen LogP contribution in [-0.2, 0) is 4.74 Å². The van der Waals surface area contributed by atoms with Gasteiger partial charge in [0.15, 0.2) is 17.4 Å². The lowest BCUT2D eigenvalue weighted by Crippen LogP contribution is -2.33. The van der Waals surface area contributed by atoms with E-state index in [2.05, 4.69) is 20.1 Å². The fourth-order valence-corrected chi connectivity index (χ4v) is 2.15. The van der Waals surface area contributed by atoms with Crippen LogP contribution in [0.5, 0.6) is 0 Å². The highest BCUT2D eigenvalue weighted by Gasteiger charge is 2.43. The number of fused-ring (bicyclic) bond motifs is 1. The van der Waals surface area contributed by atoms with Gasteiger partial charge in [0.25, 0.3) is 5.56 Å². The number of ether oxygens (including phenoxy) is 1. The van der Waals surface area contributed by atoms with Gasteiger partial charge in [-0.05, 0) is 0 Å². The van der Waals surface area contributed by atoms with Crippen LogP contribution in [0.25, 0.3) is 11.2 Å². The lowest BCUT2D eigenvalue weighted by molar-refractivity contribution is -0.0511. The molecule has 3 heterocycles. The molecule has 0 bridgehead atoms. The zero-order valence-electron chi connectivity index (χ0n) is 10.6. The standard InChI is InChI=1S/C10H12N4O5/c15-1-4-6(16)7(17)10(19-4)14-3-13-5-8(14)11-2-12-9(5)18/h2-4,6-7,10,15-17H,1H2,(H,11,12,18)/t4-,6-,7-,10-/m1/s1/i15D. The van der Waals surface area contributed by atoms with Gasteiger partial charge in [0, 0.05) is 0 Å². The van der Waals surface area contributed by atoms with Crippen molar-refractivity contribution in [3.8, 4) is 0 Å². The predicted octanol–water partition coefficient (Wildman–Crippen LogP) is -2.27. The summed E-state index contributed by atoms with van der Waals surface area (Å²) in [7, 11) is 0. The lowest BCUT2D eigenvalue weighted by atomic mass is 10.1. The first-order valence-corrected chi connectivity index (χ1v) is 5.63. The first kappa shape index (κ1) is 11.1. The van der Waals surface area contributed by atoms with Crippen LogP contribution in [0.1, 0.15) is 6.23 Å². The van der Waals surface area contributed by atoms with Crippen LogP contribution >= 0.6 is 0 Å². The fraction of sp³-hybridized carbons (Fsp3) is 0.500. The topological polar surface area (TPSA) is 133 Å². The Labute approximate surface area is 107 Å². The third-order valence-electron chi connectivity index (χ3n) is 3.14. The molecule has 0 spiro atoms. The van der Waals surface area contributed by atoms with Crippen molar-refractivity contribution >= 4 is 11.2 Å². The van der Waals surface area contributed by atoms with Crippen molar-refractivity contribution in [2.75, 3.05) is 6.61 Å². The van der Waals surface area contributed by atoms with Crippen LogP contribution in [0, 0.1) is 0 Å². The molecular weight excluding hydrogens is 256 g/mol. The molecule has 3 rings (SSSR count). The number of rotatable bonds is 3. The number of aliphatic hydroxyl groups is 3. The van der Waals surface area contributed by atoms with Gasteiger partial charge in [-0.3, -0.25) is 9.36 Å². The van der Waals surface area contributed by atoms with Crippen LogP contribution in [0.4, 0.5) is 0 Å². The van der Waals surface area contributed by atoms with E-state index in [1.54, 1.807) is 0 Å². The Balaban J connectivity index is 1.99. The molecule has 1 aliphatic rings. The van der Waals surface area contributed by atoms with Gasteiger partial charge in [-0.1, -0.05) is 0 Å². The third-order valence-corrected chi connectivity index (χ3v) is 3.14. The first-order chi connectivity index (χ1) is 9.63. The monoisotopic (exact) mass is 269 g/mol. The number of imidazole rings is 1. The first-order valence-electron chi connectivity index (χ1n) is 6.04. The molecule has 9 heteroatoms. The minimum atomic E-state index is -1.24. The molecule has 0 saturated carbocycles. The number of nitrogens with zero attached hydrogens (tertiary/aromatic N) is 3. The maximum absolute atomic E-state index is 11.6. The summed E-state index contributed by atoms with van der Waals surface area (Å²) in [5, 5.41) is 24.0. The second kappa shape index (κ2) is 4.38. The minimum Gasteiger partial charge on any atom is -0.394 e. The van der Waals surface area contributed by atoms with Crippen LogP contribution in [0.15, 0.2) is 17.4 Å². The molecule has 19 heavy (non-hydrogen) atoms. The molecule has 0 unspecified atom stereocenters. The Morgan fingerprint density at radius 1 is 1.47 bits per heavy atom. The van der Waals surface area contributed by atoms with E-state index < -0.39 is 30.1 Å². The number of aromatic amines is 1. The Morgan fingerprint density at radius 3 is 3.11 bits per heavy atom. The van der Waals surface area contributed by atoms with E-state index in [-0.39, 0.29) is 17.8 Å². The Bertz CT molecular complexity index is 673. The summed E-state index contributed by atoms with van der Waals surface area (Å²) in [6.45, 7) is -0.185. The van der Waals surface area contributed by atoms with Crippen molar-refractivity contribution < 1.29 is 20.1 Å². The highest BCUT2D eigenvalue weighted by atomic mass is 16.6. The van der Waals surface area contributed by atoms with Gasteiger partial charge < -0.3 is 25.0 Å². The molecular formula is C10H12N4O5. The van der Waals surface area contributed by atoms with Crippen LogP contribution < -0.4 is 5.56 Å². The fourth-order valence-electron chi connectivity index (χ4n) is 2.15. The van der Waals surface area contributed by atoms with Gasteiger partial charge in [0.1, 0.15) is 18.3 Å². The number of hydrogen-bond donors (Lipinski definition) is 4. The summed E-state index contributed by atoms with van der Waals surface area (Å²) in [5.74, 6) is 0. The zero-order valence-corrected chi connectivity index (χ0v) is 9.63. The van der Waals surface area contributed by atoms with Crippen molar-refractivity contribution in [1.29, 1.82) is 1.43 Å². The van der Waals surface area contributed by atoms with Crippen molar-refractivity contribution in [3.05, 3.63) is 23.0 Å². The molecule has 1 aliphatic heterocycles. The van der Waals surface area contributed by atoms with E-state index in [9.17, 15) is 15.0 Å². The average molecular weight is 269 g/mol. The van der Waals surface area contributed by atoms with E-state index in [1.807, 2.05) is 0 Å². The van der Waals surface area contributed by atoms with Crippen LogP contribution in [0.2, 0.25) is 0 Å². The SMILES string of the molecule is [2H]OC[C@H]1O[C@@H](n2cnc3c(=O)[nH]cnc32)[C@H](O)[C@@H]1O. The maximum atomic E-state index is 11.6. The zero-order chi connectivity index (χ0) is 14.3. The van der Waals surface area contributed by atoms with E-state index in [0.717, 1.165) is 0 Å². The Morgan fingerprint density at radius 2 is 2.32 bits per heavy atom. The lowest BCUT2D eigenvalue weighted by Gasteiger charge is -2.16. The number of hydrogen-bond acceptors (Lipinski definition) is 7. The van der Waals surface area contributed by atoms with Gasteiger partial charge in [-0.2, -0.15) is 0 Å². The summed E-state index contributed by atoms with van der Waals surface area (Å²) < 4.78 is 13.5. The Kier molecular flexibility index (Phi) is 2.55. The summed E-state index contributed by atoms with van der Waals surface area (Å²) in [4.78, 5) is 21.8. The van der Waals surface area contributed by atoms with Crippen LogP contribution in [0.3, 0.4) is 0 Å². The summed E-state index contributed by atoms with van der Waals surface area (Å²) >= 11 is 0. The molecule has 102 valence electrons. The smallest absolute Gasteiger partial charge is 0.278 e. The molecule has 9 nitrogen and oxygen atoms in total. The molecule has 0 aromatic carbocycles. The number of H-pyrrole nitrogens is 1. The molecule has 0 radical (unpaired) electrons. The molecule has 2 aromatic rings. The number of nitrogens with one attached hydrogen (secondary N) is 1. The molecule has 1 fully saturated rings. The largest absolute Gasteiger partial charge is 0.394 e. The molecule has 1 saturated heterocycles. The second-order valence-corrected chi connectivity index (χ2v) is 4.27. The normalized spacial score (nSPS) is 31.8. The summed E-state index contributed by atoms with van der Waals surface area (Å²) in [6, 6.07) is 0. The van der Waals surface area contributed by atoms with Crippen molar-refractivity contribution in [1.82, 2.24) is 19.5 Å². The maximum Gasteiger partial charge on any atom is 0.278 e. The van der Waals surface area contributed by atoms with Gasteiger partial charge in [0.05, 0.1) is 19.3 Å². The Hall–Kier alpha value is -1.81.